The molecular formula is C21H23N3O. The summed E-state index contributed by atoms with van der Waals surface area (Å²) >= 11 is 0. The zero-order valence-corrected chi connectivity index (χ0v) is 14.3. The molecule has 2 aromatic carbocycles. The molecule has 0 bridgehead atoms. The maximum atomic E-state index is 5.91. The van der Waals surface area contributed by atoms with Crippen LogP contribution in [0.3, 0.4) is 0 Å². The Morgan fingerprint density at radius 2 is 1.80 bits per heavy atom. The van der Waals surface area contributed by atoms with Gasteiger partial charge in [-0.3, -0.25) is 0 Å². The second-order valence-electron chi connectivity index (χ2n) is 6.61. The summed E-state index contributed by atoms with van der Waals surface area (Å²) in [4.78, 5) is 0. The van der Waals surface area contributed by atoms with Crippen LogP contribution in [0.25, 0.3) is 10.9 Å². The highest BCUT2D eigenvalue weighted by Gasteiger charge is 2.19. The maximum absolute atomic E-state index is 5.91. The smallest absolute Gasteiger partial charge is 0.147 e. The lowest BCUT2D eigenvalue weighted by molar-refractivity contribution is 0.307. The molecule has 0 fully saturated rings. The fraction of sp³-hybridized carbons (Fsp3) is 0.333. The Morgan fingerprint density at radius 1 is 0.960 bits per heavy atom. The van der Waals surface area contributed by atoms with Crippen LogP contribution in [0.4, 0.5) is 0 Å². The van der Waals surface area contributed by atoms with Gasteiger partial charge in [-0.1, -0.05) is 36.4 Å². The molecule has 4 heteroatoms. The van der Waals surface area contributed by atoms with Crippen molar-refractivity contribution in [2.24, 2.45) is 0 Å². The lowest BCUT2D eigenvalue weighted by atomic mass is 10.1. The standard InChI is InChI=1S/C21H23N3O/c1-2-7-18-15-19(14-17(18)6-1)22-11-3-4-13-25-20-9-5-8-16-10-12-23-24-21(16)20/h1-2,5-10,12,19,22H,3-4,11,13-15H2. The number of rotatable bonds is 7. The highest BCUT2D eigenvalue weighted by atomic mass is 16.5. The minimum atomic E-state index is 0.589. The largest absolute Gasteiger partial charge is 0.491 e. The van der Waals surface area contributed by atoms with Gasteiger partial charge < -0.3 is 10.1 Å². The number of nitrogens with zero attached hydrogens (tertiary/aromatic N) is 2. The van der Waals surface area contributed by atoms with Crippen LogP contribution >= 0.6 is 0 Å². The van der Waals surface area contributed by atoms with Crippen LogP contribution in [0, 0.1) is 0 Å². The van der Waals surface area contributed by atoms with Crippen LogP contribution in [-0.2, 0) is 12.8 Å². The zero-order valence-electron chi connectivity index (χ0n) is 14.3. The molecule has 0 amide bonds. The first-order chi connectivity index (χ1) is 12.4. The van der Waals surface area contributed by atoms with Crippen molar-refractivity contribution < 1.29 is 4.74 Å². The number of nitrogens with one attached hydrogen (secondary N) is 1. The summed E-state index contributed by atoms with van der Waals surface area (Å²) in [6.45, 7) is 1.75. The van der Waals surface area contributed by atoms with Gasteiger partial charge in [0.2, 0.25) is 0 Å². The number of benzene rings is 2. The summed E-state index contributed by atoms with van der Waals surface area (Å²) in [5.74, 6) is 0.824. The van der Waals surface area contributed by atoms with Crippen molar-refractivity contribution in [3.63, 3.8) is 0 Å². The molecule has 4 rings (SSSR count). The summed E-state index contributed by atoms with van der Waals surface area (Å²) < 4.78 is 5.91. The average Bonchev–Trinajstić information content (AvgIpc) is 3.07. The number of ether oxygens (including phenoxy) is 1. The molecule has 0 aliphatic heterocycles. The first-order valence-electron chi connectivity index (χ1n) is 9.03. The molecule has 0 unspecified atom stereocenters. The van der Waals surface area contributed by atoms with Gasteiger partial charge in [0.15, 0.2) is 0 Å². The van der Waals surface area contributed by atoms with E-state index in [4.69, 9.17) is 4.74 Å². The van der Waals surface area contributed by atoms with E-state index in [0.717, 1.165) is 48.9 Å². The van der Waals surface area contributed by atoms with Gasteiger partial charge in [0.25, 0.3) is 0 Å². The van der Waals surface area contributed by atoms with E-state index in [1.165, 1.54) is 11.1 Å². The number of fused-ring (bicyclic) bond motifs is 2. The molecule has 1 aliphatic carbocycles. The molecule has 0 saturated heterocycles. The molecule has 0 saturated carbocycles. The molecule has 0 spiro atoms. The van der Waals surface area contributed by atoms with Crippen LogP contribution in [0.2, 0.25) is 0 Å². The van der Waals surface area contributed by atoms with Crippen molar-refractivity contribution in [1.29, 1.82) is 0 Å². The lowest BCUT2D eigenvalue weighted by Crippen LogP contribution is -2.30. The molecule has 0 radical (unpaired) electrons. The van der Waals surface area contributed by atoms with E-state index in [9.17, 15) is 0 Å². The minimum Gasteiger partial charge on any atom is -0.491 e. The van der Waals surface area contributed by atoms with Gasteiger partial charge in [0.05, 0.1) is 12.8 Å². The third kappa shape index (κ3) is 3.80. The molecule has 0 atom stereocenters. The Labute approximate surface area is 148 Å². The van der Waals surface area contributed by atoms with Crippen molar-refractivity contribution in [1.82, 2.24) is 15.5 Å². The minimum absolute atomic E-state index is 0.589. The van der Waals surface area contributed by atoms with Crippen molar-refractivity contribution in [3.05, 3.63) is 65.9 Å². The Hall–Kier alpha value is -2.46. The lowest BCUT2D eigenvalue weighted by Gasteiger charge is -2.12. The Balaban J connectivity index is 1.18. The number of unbranched alkanes of at least 4 members (excludes halogenated alkanes) is 1. The predicted molar refractivity (Wildman–Crippen MR) is 99.9 cm³/mol. The number of hydrogen-bond donors (Lipinski definition) is 1. The van der Waals surface area contributed by atoms with Crippen molar-refractivity contribution in [2.45, 2.75) is 31.7 Å². The van der Waals surface area contributed by atoms with Gasteiger partial charge >= 0.3 is 0 Å². The second kappa shape index (κ2) is 7.62. The second-order valence-corrected chi connectivity index (χ2v) is 6.61. The quantitative estimate of drug-likeness (QED) is 0.672. The molecule has 128 valence electrons. The van der Waals surface area contributed by atoms with Gasteiger partial charge in [-0.2, -0.15) is 5.10 Å². The fourth-order valence-corrected chi connectivity index (χ4v) is 3.52. The van der Waals surface area contributed by atoms with Gasteiger partial charge in [-0.05, 0) is 55.5 Å². The Morgan fingerprint density at radius 3 is 2.64 bits per heavy atom. The Bertz CT molecular complexity index is 819. The monoisotopic (exact) mass is 333 g/mol. The van der Waals surface area contributed by atoms with Crippen LogP contribution < -0.4 is 10.1 Å². The number of aromatic nitrogens is 2. The van der Waals surface area contributed by atoms with Crippen LogP contribution in [0.1, 0.15) is 24.0 Å². The van der Waals surface area contributed by atoms with Gasteiger partial charge in [-0.25, -0.2) is 0 Å². The summed E-state index contributed by atoms with van der Waals surface area (Å²) in [6, 6.07) is 17.3. The van der Waals surface area contributed by atoms with E-state index in [-0.39, 0.29) is 0 Å². The molecule has 25 heavy (non-hydrogen) atoms. The van der Waals surface area contributed by atoms with Crippen molar-refractivity contribution in [2.75, 3.05) is 13.2 Å². The van der Waals surface area contributed by atoms with Gasteiger partial charge in [0, 0.05) is 11.4 Å². The van der Waals surface area contributed by atoms with Crippen molar-refractivity contribution in [3.8, 4) is 5.75 Å². The highest BCUT2D eigenvalue weighted by Crippen LogP contribution is 2.23. The molecule has 3 aromatic rings. The van der Waals surface area contributed by atoms with E-state index in [2.05, 4.69) is 39.8 Å². The molecule has 1 heterocycles. The predicted octanol–water partition coefficient (Wildman–Crippen LogP) is 3.55. The van der Waals surface area contributed by atoms with Crippen LogP contribution in [0.5, 0.6) is 5.75 Å². The molecule has 1 aliphatic rings. The molecule has 1 N–H and O–H groups in total. The van der Waals surface area contributed by atoms with E-state index in [1.54, 1.807) is 6.20 Å². The first-order valence-corrected chi connectivity index (χ1v) is 9.03. The van der Waals surface area contributed by atoms with Crippen molar-refractivity contribution >= 4 is 10.9 Å². The highest BCUT2D eigenvalue weighted by molar-refractivity contribution is 5.83. The summed E-state index contributed by atoms with van der Waals surface area (Å²) in [5.41, 5.74) is 3.84. The normalized spacial score (nSPS) is 13.9. The SMILES string of the molecule is c1ccc2c(c1)CC(NCCCCOc1cccc3ccnnc13)C2. The average molecular weight is 333 g/mol. The summed E-state index contributed by atoms with van der Waals surface area (Å²) in [6.07, 6.45) is 6.16. The molecule has 4 nitrogen and oxygen atoms in total. The Kier molecular flexibility index (Phi) is 4.89. The molecular weight excluding hydrogens is 310 g/mol. The fourth-order valence-electron chi connectivity index (χ4n) is 3.52. The molecule has 1 aromatic heterocycles. The van der Waals surface area contributed by atoms with Gasteiger partial charge in [0.1, 0.15) is 11.3 Å². The zero-order chi connectivity index (χ0) is 16.9. The first kappa shape index (κ1) is 16.0. The van der Waals surface area contributed by atoms with E-state index >= 15 is 0 Å². The van der Waals surface area contributed by atoms with Crippen LogP contribution in [0.15, 0.2) is 54.7 Å². The third-order valence-electron chi connectivity index (χ3n) is 4.82. The number of hydrogen-bond acceptors (Lipinski definition) is 4. The van der Waals surface area contributed by atoms with Gasteiger partial charge in [-0.15, -0.1) is 5.10 Å². The van der Waals surface area contributed by atoms with E-state index < -0.39 is 0 Å². The summed E-state index contributed by atoms with van der Waals surface area (Å²) in [7, 11) is 0. The topological polar surface area (TPSA) is 47.0 Å². The third-order valence-corrected chi connectivity index (χ3v) is 4.82. The van der Waals surface area contributed by atoms with Crippen LogP contribution in [-0.4, -0.2) is 29.4 Å². The summed E-state index contributed by atoms with van der Waals surface area (Å²) in [5, 5.41) is 12.9. The van der Waals surface area contributed by atoms with E-state index in [0.29, 0.717) is 12.6 Å². The maximum Gasteiger partial charge on any atom is 0.147 e. The van der Waals surface area contributed by atoms with E-state index in [1.807, 2.05) is 24.3 Å².